The molecule has 90 valence electrons. The van der Waals surface area contributed by atoms with Crippen molar-refractivity contribution in [1.82, 2.24) is 0 Å². The van der Waals surface area contributed by atoms with E-state index in [1.54, 1.807) is 6.07 Å². The van der Waals surface area contributed by atoms with Gasteiger partial charge in [-0.05, 0) is 30.5 Å². The predicted molar refractivity (Wildman–Crippen MR) is 70.2 cm³/mol. The van der Waals surface area contributed by atoms with Crippen molar-refractivity contribution in [3.05, 3.63) is 29.3 Å². The summed E-state index contributed by atoms with van der Waals surface area (Å²) >= 11 is 5.99. The van der Waals surface area contributed by atoms with Crippen molar-refractivity contribution < 1.29 is 4.21 Å². The smallest absolute Gasteiger partial charge is 0.0574 e. The third-order valence-corrected chi connectivity index (χ3v) is 4.46. The Morgan fingerprint density at radius 1 is 1.38 bits per heavy atom. The maximum absolute atomic E-state index is 12.0. The summed E-state index contributed by atoms with van der Waals surface area (Å²) in [5, 5.41) is 0.575. The molecule has 0 amide bonds. The van der Waals surface area contributed by atoms with E-state index in [1.807, 2.05) is 18.2 Å². The van der Waals surface area contributed by atoms with Crippen LogP contribution in [0.2, 0.25) is 5.02 Å². The van der Waals surface area contributed by atoms with Crippen molar-refractivity contribution in [2.75, 3.05) is 12.3 Å². The average Bonchev–Trinajstić information content (AvgIpc) is 2.27. The fourth-order valence-electron chi connectivity index (χ4n) is 1.21. The van der Waals surface area contributed by atoms with Crippen molar-refractivity contribution in [2.45, 2.75) is 25.2 Å². The Bertz CT molecular complexity index is 379. The molecule has 1 aromatic rings. The molecule has 2 N–H and O–H groups in total. The highest BCUT2D eigenvalue weighted by atomic mass is 35.5. The van der Waals surface area contributed by atoms with E-state index >= 15 is 0 Å². The van der Waals surface area contributed by atoms with Gasteiger partial charge in [-0.1, -0.05) is 37.6 Å². The van der Waals surface area contributed by atoms with Crippen molar-refractivity contribution in [3.8, 4) is 0 Å². The van der Waals surface area contributed by atoms with Crippen LogP contribution in [0.15, 0.2) is 29.2 Å². The molecule has 0 heterocycles. The first kappa shape index (κ1) is 13.7. The number of halogens is 1. The quantitative estimate of drug-likeness (QED) is 0.884. The lowest BCUT2D eigenvalue weighted by Gasteiger charge is -2.21. The van der Waals surface area contributed by atoms with E-state index in [0.717, 1.165) is 11.3 Å². The zero-order valence-electron chi connectivity index (χ0n) is 9.70. The first-order chi connectivity index (χ1) is 7.46. The topological polar surface area (TPSA) is 43.1 Å². The van der Waals surface area contributed by atoms with Gasteiger partial charge >= 0.3 is 0 Å². The molecular formula is C12H18ClNOS. The predicted octanol–water partition coefficient (Wildman–Crippen LogP) is 2.82. The van der Waals surface area contributed by atoms with Crippen LogP contribution in [-0.2, 0) is 10.8 Å². The molecule has 4 heteroatoms. The lowest BCUT2D eigenvalue weighted by atomic mass is 9.91. The van der Waals surface area contributed by atoms with Crippen molar-refractivity contribution in [3.63, 3.8) is 0 Å². The van der Waals surface area contributed by atoms with Crippen LogP contribution in [0.5, 0.6) is 0 Å². The Morgan fingerprint density at radius 2 is 2.00 bits per heavy atom. The number of benzene rings is 1. The van der Waals surface area contributed by atoms with Gasteiger partial charge in [-0.15, -0.1) is 0 Å². The van der Waals surface area contributed by atoms with Gasteiger partial charge in [-0.3, -0.25) is 4.21 Å². The van der Waals surface area contributed by atoms with E-state index in [1.165, 1.54) is 0 Å². The Balaban J connectivity index is 2.64. The first-order valence-corrected chi connectivity index (χ1v) is 6.99. The molecule has 1 rings (SSSR count). The van der Waals surface area contributed by atoms with Gasteiger partial charge in [0, 0.05) is 5.75 Å². The zero-order chi connectivity index (χ0) is 12.2. The van der Waals surface area contributed by atoms with Gasteiger partial charge in [0.25, 0.3) is 0 Å². The van der Waals surface area contributed by atoms with E-state index in [9.17, 15) is 4.21 Å². The Hall–Kier alpha value is -0.380. The van der Waals surface area contributed by atoms with Crippen molar-refractivity contribution >= 4 is 22.4 Å². The second-order valence-electron chi connectivity index (χ2n) is 4.60. The van der Waals surface area contributed by atoms with Crippen LogP contribution in [0.4, 0.5) is 0 Å². The second-order valence-corrected chi connectivity index (χ2v) is 6.54. The van der Waals surface area contributed by atoms with Gasteiger partial charge in [0.2, 0.25) is 0 Å². The molecule has 1 aromatic carbocycles. The van der Waals surface area contributed by atoms with E-state index in [-0.39, 0.29) is 5.41 Å². The van der Waals surface area contributed by atoms with Crippen LogP contribution in [0.1, 0.15) is 20.3 Å². The minimum Gasteiger partial charge on any atom is -0.330 e. The van der Waals surface area contributed by atoms with E-state index in [0.29, 0.717) is 17.3 Å². The van der Waals surface area contributed by atoms with Crippen LogP contribution in [0, 0.1) is 5.41 Å². The second kappa shape index (κ2) is 5.80. The molecule has 0 fully saturated rings. The largest absolute Gasteiger partial charge is 0.330 e. The molecule has 2 nitrogen and oxygen atoms in total. The maximum atomic E-state index is 12.0. The molecule has 0 saturated heterocycles. The Kier molecular flexibility index (Phi) is 4.96. The number of nitrogens with two attached hydrogens (primary N) is 1. The molecule has 0 bridgehead atoms. The van der Waals surface area contributed by atoms with Gasteiger partial charge in [0.15, 0.2) is 0 Å². The molecule has 0 radical (unpaired) electrons. The summed E-state index contributed by atoms with van der Waals surface area (Å²) in [5.41, 5.74) is 5.67. The van der Waals surface area contributed by atoms with E-state index in [4.69, 9.17) is 17.3 Å². The van der Waals surface area contributed by atoms with Gasteiger partial charge < -0.3 is 5.73 Å². The fraction of sp³-hybridized carbons (Fsp3) is 0.500. The summed E-state index contributed by atoms with van der Waals surface area (Å²) in [5.74, 6) is 0.605. The average molecular weight is 260 g/mol. The van der Waals surface area contributed by atoms with Crippen molar-refractivity contribution in [1.29, 1.82) is 0 Å². The minimum atomic E-state index is -1.03. The van der Waals surface area contributed by atoms with E-state index < -0.39 is 10.8 Å². The highest BCUT2D eigenvalue weighted by Crippen LogP contribution is 2.23. The minimum absolute atomic E-state index is 0.0386. The Labute approximate surface area is 105 Å². The molecule has 0 aliphatic rings. The molecule has 0 aliphatic heterocycles. The number of hydrogen-bond donors (Lipinski definition) is 1. The highest BCUT2D eigenvalue weighted by Gasteiger charge is 2.18. The maximum Gasteiger partial charge on any atom is 0.0574 e. The SMILES string of the molecule is CC(C)(CN)CCS(=O)c1ccccc1Cl. The summed E-state index contributed by atoms with van der Waals surface area (Å²) in [6.45, 7) is 4.76. The van der Waals surface area contributed by atoms with Gasteiger partial charge in [-0.25, -0.2) is 0 Å². The fourth-order valence-corrected chi connectivity index (χ4v) is 3.08. The Morgan fingerprint density at radius 3 is 2.56 bits per heavy atom. The molecule has 1 unspecified atom stereocenters. The summed E-state index contributed by atoms with van der Waals surface area (Å²) in [6, 6.07) is 7.27. The van der Waals surface area contributed by atoms with E-state index in [2.05, 4.69) is 13.8 Å². The summed E-state index contributed by atoms with van der Waals surface area (Å²) in [6.07, 6.45) is 0.835. The third-order valence-electron chi connectivity index (χ3n) is 2.60. The monoisotopic (exact) mass is 259 g/mol. The van der Waals surface area contributed by atoms with Gasteiger partial charge in [0.05, 0.1) is 20.7 Å². The summed E-state index contributed by atoms with van der Waals surface area (Å²) in [4.78, 5) is 0.719. The molecule has 0 saturated carbocycles. The lowest BCUT2D eigenvalue weighted by Crippen LogP contribution is -2.25. The van der Waals surface area contributed by atoms with Gasteiger partial charge in [-0.2, -0.15) is 0 Å². The zero-order valence-corrected chi connectivity index (χ0v) is 11.3. The number of hydrogen-bond acceptors (Lipinski definition) is 2. The normalized spacial score (nSPS) is 13.8. The molecule has 0 aromatic heterocycles. The molecule has 0 spiro atoms. The standard InChI is InChI=1S/C12H18ClNOS/c1-12(2,9-14)7-8-16(15)11-6-4-3-5-10(11)13/h3-6H,7-9,14H2,1-2H3. The van der Waals surface area contributed by atoms with Gasteiger partial charge in [0.1, 0.15) is 0 Å². The van der Waals surface area contributed by atoms with Crippen LogP contribution >= 0.6 is 11.6 Å². The van der Waals surface area contributed by atoms with Crippen LogP contribution < -0.4 is 5.73 Å². The third kappa shape index (κ3) is 3.89. The van der Waals surface area contributed by atoms with Crippen LogP contribution in [-0.4, -0.2) is 16.5 Å². The molecule has 1 atom stereocenters. The molecule has 16 heavy (non-hydrogen) atoms. The van der Waals surface area contributed by atoms with Crippen LogP contribution in [0.3, 0.4) is 0 Å². The summed E-state index contributed by atoms with van der Waals surface area (Å²) < 4.78 is 12.0. The molecule has 0 aliphatic carbocycles. The first-order valence-electron chi connectivity index (χ1n) is 5.29. The lowest BCUT2D eigenvalue weighted by molar-refractivity contribution is 0.367. The number of rotatable bonds is 5. The highest BCUT2D eigenvalue weighted by molar-refractivity contribution is 7.85. The summed E-state index contributed by atoms with van der Waals surface area (Å²) in [7, 11) is -1.03. The van der Waals surface area contributed by atoms with Crippen molar-refractivity contribution in [2.24, 2.45) is 11.1 Å². The molecular weight excluding hydrogens is 242 g/mol. The van der Waals surface area contributed by atoms with Crippen LogP contribution in [0.25, 0.3) is 0 Å².